The van der Waals surface area contributed by atoms with Crippen LogP contribution in [0.25, 0.3) is 11.0 Å². The van der Waals surface area contributed by atoms with Gasteiger partial charge in [0.2, 0.25) is 0 Å². The lowest BCUT2D eigenvalue weighted by molar-refractivity contribution is -0.187. The van der Waals surface area contributed by atoms with Gasteiger partial charge in [0.05, 0.1) is 22.6 Å². The third-order valence-corrected chi connectivity index (χ3v) is 4.84. The van der Waals surface area contributed by atoms with E-state index in [1.807, 2.05) is 0 Å². The van der Waals surface area contributed by atoms with Crippen LogP contribution >= 0.6 is 0 Å². The summed E-state index contributed by atoms with van der Waals surface area (Å²) in [6, 6.07) is 0.722. The molecule has 1 aliphatic carbocycles. The summed E-state index contributed by atoms with van der Waals surface area (Å²) in [5.74, 6) is -1.98. The molecule has 1 aliphatic rings. The van der Waals surface area contributed by atoms with Gasteiger partial charge >= 0.3 is 6.18 Å². The molecule has 0 saturated heterocycles. The molecule has 0 bridgehead atoms. The first kappa shape index (κ1) is 17.7. The van der Waals surface area contributed by atoms with Gasteiger partial charge in [0.1, 0.15) is 0 Å². The number of nitrogens with zero attached hydrogens (tertiary/aromatic N) is 3. The average Bonchev–Trinajstić information content (AvgIpc) is 2.80. The number of nitrogens with one attached hydrogen (secondary N) is 1. The van der Waals surface area contributed by atoms with E-state index in [0.717, 1.165) is 0 Å². The number of amides is 1. The molecule has 0 spiro atoms. The van der Waals surface area contributed by atoms with Crippen molar-refractivity contribution in [3.63, 3.8) is 0 Å². The van der Waals surface area contributed by atoms with Gasteiger partial charge < -0.3 is 5.32 Å². The number of carbonyl (C=O) groups excluding carboxylic acids is 1. The Hall–Kier alpha value is -2.12. The van der Waals surface area contributed by atoms with Crippen LogP contribution in [0.1, 0.15) is 47.4 Å². The Kier molecular flexibility index (Phi) is 4.47. The molecule has 2 aromatic rings. The van der Waals surface area contributed by atoms with Crippen LogP contribution in [0.4, 0.5) is 13.2 Å². The Balaban J connectivity index is 1.95. The summed E-state index contributed by atoms with van der Waals surface area (Å²) in [5, 5.41) is 7.48. The molecule has 0 radical (unpaired) electrons. The highest BCUT2D eigenvalue weighted by Gasteiger charge is 2.46. The Morgan fingerprint density at radius 1 is 1.28 bits per heavy atom. The van der Waals surface area contributed by atoms with Gasteiger partial charge in [-0.3, -0.25) is 9.48 Å². The molecule has 1 N–H and O–H groups in total. The van der Waals surface area contributed by atoms with Crippen molar-refractivity contribution in [1.82, 2.24) is 20.1 Å². The molecular formula is C17H21F3N4O. The zero-order chi connectivity index (χ0) is 18.4. The van der Waals surface area contributed by atoms with E-state index in [0.29, 0.717) is 47.2 Å². The number of hydrogen-bond donors (Lipinski definition) is 1. The molecule has 25 heavy (non-hydrogen) atoms. The third-order valence-electron chi connectivity index (χ3n) is 4.84. The number of rotatable bonds is 2. The first-order valence-corrected chi connectivity index (χ1v) is 8.37. The fourth-order valence-electron chi connectivity index (χ4n) is 3.69. The molecule has 8 heteroatoms. The summed E-state index contributed by atoms with van der Waals surface area (Å²) in [4.78, 5) is 17.2. The normalized spacial score (nSPS) is 21.5. The second kappa shape index (κ2) is 6.31. The summed E-state index contributed by atoms with van der Waals surface area (Å²) in [6.45, 7) is 3.51. The molecule has 2 heterocycles. The van der Waals surface area contributed by atoms with E-state index in [4.69, 9.17) is 0 Å². The molecule has 1 fully saturated rings. The van der Waals surface area contributed by atoms with E-state index >= 15 is 0 Å². The van der Waals surface area contributed by atoms with Gasteiger partial charge in [-0.05, 0) is 32.8 Å². The quantitative estimate of drug-likeness (QED) is 0.899. The van der Waals surface area contributed by atoms with Crippen LogP contribution in [0.2, 0.25) is 0 Å². The van der Waals surface area contributed by atoms with Crippen molar-refractivity contribution >= 4 is 16.9 Å². The van der Waals surface area contributed by atoms with Crippen LogP contribution in [0, 0.1) is 19.8 Å². The third kappa shape index (κ3) is 3.34. The summed E-state index contributed by atoms with van der Waals surface area (Å²) < 4.78 is 41.3. The van der Waals surface area contributed by atoms with Gasteiger partial charge in [-0.2, -0.15) is 18.3 Å². The summed E-state index contributed by atoms with van der Waals surface area (Å²) in [6.07, 6.45) is -2.67. The Labute approximate surface area is 143 Å². The fourth-order valence-corrected chi connectivity index (χ4v) is 3.69. The lowest BCUT2D eigenvalue weighted by Gasteiger charge is -2.33. The highest BCUT2D eigenvalue weighted by atomic mass is 19.4. The van der Waals surface area contributed by atoms with E-state index in [1.54, 1.807) is 31.6 Å². The minimum Gasteiger partial charge on any atom is -0.349 e. The number of carbonyl (C=O) groups is 1. The predicted molar refractivity (Wildman–Crippen MR) is 87.3 cm³/mol. The molecule has 1 amide bonds. The Bertz CT molecular complexity index is 812. The minimum absolute atomic E-state index is 0.0607. The van der Waals surface area contributed by atoms with Crippen LogP contribution in [0.5, 0.6) is 0 Å². The fraction of sp³-hybridized carbons (Fsp3) is 0.588. The SMILES string of the molecule is Cc1cc(C(=O)N[C@H]2CCCC[C@H]2C(F)(F)F)c2c(C)nn(C)c2n1. The van der Waals surface area contributed by atoms with Crippen molar-refractivity contribution in [3.8, 4) is 0 Å². The number of alkyl halides is 3. The number of hydrogen-bond acceptors (Lipinski definition) is 3. The van der Waals surface area contributed by atoms with Gasteiger partial charge in [-0.1, -0.05) is 12.8 Å². The van der Waals surface area contributed by atoms with Gasteiger partial charge in [-0.25, -0.2) is 4.98 Å². The minimum atomic E-state index is -4.30. The van der Waals surface area contributed by atoms with Gasteiger partial charge in [0.25, 0.3) is 5.91 Å². The van der Waals surface area contributed by atoms with E-state index in [9.17, 15) is 18.0 Å². The predicted octanol–water partition coefficient (Wildman–Crippen LogP) is 3.44. The van der Waals surface area contributed by atoms with Gasteiger partial charge in [0, 0.05) is 18.8 Å². The lowest BCUT2D eigenvalue weighted by Crippen LogP contribution is -2.47. The number of halogens is 3. The van der Waals surface area contributed by atoms with Crippen LogP contribution in [0.3, 0.4) is 0 Å². The van der Waals surface area contributed by atoms with Crippen LogP contribution in [-0.4, -0.2) is 32.9 Å². The molecule has 1 saturated carbocycles. The largest absolute Gasteiger partial charge is 0.393 e. The molecule has 2 aromatic heterocycles. The van der Waals surface area contributed by atoms with E-state index in [2.05, 4.69) is 15.4 Å². The second-order valence-corrected chi connectivity index (χ2v) is 6.73. The Morgan fingerprint density at radius 2 is 1.96 bits per heavy atom. The van der Waals surface area contributed by atoms with Crippen molar-refractivity contribution in [2.45, 2.75) is 51.7 Å². The van der Waals surface area contributed by atoms with Crippen molar-refractivity contribution in [2.75, 3.05) is 0 Å². The second-order valence-electron chi connectivity index (χ2n) is 6.73. The standard InChI is InChI=1S/C17H21F3N4O/c1-9-8-11(14-10(2)23-24(3)15(14)21-9)16(25)22-13-7-5-4-6-12(13)17(18,19)20/h8,12-13H,4-7H2,1-3H3,(H,22,25)/t12-,13+/m1/s1. The van der Waals surface area contributed by atoms with Crippen LogP contribution in [-0.2, 0) is 7.05 Å². The smallest absolute Gasteiger partial charge is 0.349 e. The Morgan fingerprint density at radius 3 is 2.64 bits per heavy atom. The van der Waals surface area contributed by atoms with Crippen molar-refractivity contribution in [2.24, 2.45) is 13.0 Å². The summed E-state index contributed by atoms with van der Waals surface area (Å²) in [7, 11) is 1.73. The maximum atomic E-state index is 13.3. The zero-order valence-corrected chi connectivity index (χ0v) is 14.4. The van der Waals surface area contributed by atoms with Gasteiger partial charge in [-0.15, -0.1) is 0 Å². The van der Waals surface area contributed by atoms with Crippen molar-refractivity contribution in [1.29, 1.82) is 0 Å². The number of fused-ring (bicyclic) bond motifs is 1. The zero-order valence-electron chi connectivity index (χ0n) is 14.4. The summed E-state index contributed by atoms with van der Waals surface area (Å²) in [5.41, 5.74) is 2.14. The molecule has 3 rings (SSSR count). The lowest BCUT2D eigenvalue weighted by atomic mass is 9.84. The van der Waals surface area contributed by atoms with E-state index < -0.39 is 24.0 Å². The highest BCUT2D eigenvalue weighted by molar-refractivity contribution is 6.06. The molecule has 0 aromatic carbocycles. The van der Waals surface area contributed by atoms with Crippen LogP contribution in [0.15, 0.2) is 6.07 Å². The molecule has 0 aliphatic heterocycles. The number of aryl methyl sites for hydroxylation is 3. The molecule has 136 valence electrons. The number of aromatic nitrogens is 3. The molecule has 0 unspecified atom stereocenters. The first-order chi connectivity index (χ1) is 11.7. The molecular weight excluding hydrogens is 333 g/mol. The monoisotopic (exact) mass is 354 g/mol. The summed E-state index contributed by atoms with van der Waals surface area (Å²) >= 11 is 0. The average molecular weight is 354 g/mol. The van der Waals surface area contributed by atoms with Gasteiger partial charge in [0.15, 0.2) is 5.65 Å². The number of pyridine rings is 1. The maximum Gasteiger partial charge on any atom is 0.393 e. The topological polar surface area (TPSA) is 59.8 Å². The van der Waals surface area contributed by atoms with E-state index in [1.165, 1.54) is 0 Å². The molecule has 2 atom stereocenters. The highest BCUT2D eigenvalue weighted by Crippen LogP contribution is 2.38. The maximum absolute atomic E-state index is 13.3. The molecule has 5 nitrogen and oxygen atoms in total. The van der Waals surface area contributed by atoms with E-state index in [-0.39, 0.29) is 6.42 Å². The van der Waals surface area contributed by atoms with Crippen LogP contribution < -0.4 is 5.32 Å². The van der Waals surface area contributed by atoms with Crippen molar-refractivity contribution < 1.29 is 18.0 Å². The van der Waals surface area contributed by atoms with Crippen molar-refractivity contribution in [3.05, 3.63) is 23.0 Å². The first-order valence-electron chi connectivity index (χ1n) is 8.37.